The zero-order valence-corrected chi connectivity index (χ0v) is 11.7. The number of rotatable bonds is 4. The molecule has 0 aliphatic carbocycles. The van der Waals surface area contributed by atoms with E-state index >= 15 is 0 Å². The van der Waals surface area contributed by atoms with Crippen LogP contribution in [0.3, 0.4) is 0 Å². The second kappa shape index (κ2) is 6.44. The van der Waals surface area contributed by atoms with Crippen molar-refractivity contribution in [3.8, 4) is 11.8 Å². The molecule has 1 N–H and O–H groups in total. The summed E-state index contributed by atoms with van der Waals surface area (Å²) in [6.45, 7) is 1.90. The minimum Gasteiger partial charge on any atom is -0.495 e. The van der Waals surface area contributed by atoms with Crippen LogP contribution in [0.15, 0.2) is 46.6 Å². The van der Waals surface area contributed by atoms with E-state index in [9.17, 15) is 4.79 Å². The van der Waals surface area contributed by atoms with E-state index in [1.165, 1.54) is 19.4 Å². The quantitative estimate of drug-likeness (QED) is 0.690. The van der Waals surface area contributed by atoms with Crippen molar-refractivity contribution < 1.29 is 13.9 Å². The van der Waals surface area contributed by atoms with Crippen LogP contribution in [0.5, 0.6) is 5.75 Å². The number of amides is 1. The molecule has 0 fully saturated rings. The monoisotopic (exact) mass is 282 g/mol. The maximum Gasteiger partial charge on any atom is 0.266 e. The van der Waals surface area contributed by atoms with Gasteiger partial charge in [0.1, 0.15) is 23.2 Å². The molecule has 0 radical (unpaired) electrons. The van der Waals surface area contributed by atoms with Crippen LogP contribution >= 0.6 is 0 Å². The number of aryl methyl sites for hydroxylation is 1. The summed E-state index contributed by atoms with van der Waals surface area (Å²) in [6, 6.07) is 10.6. The van der Waals surface area contributed by atoms with Gasteiger partial charge in [0.2, 0.25) is 0 Å². The first-order chi connectivity index (χ1) is 10.1. The Morgan fingerprint density at radius 2 is 2.24 bits per heavy atom. The topological polar surface area (TPSA) is 75.3 Å². The first kappa shape index (κ1) is 14.4. The lowest BCUT2D eigenvalue weighted by Crippen LogP contribution is -2.14. The molecule has 1 aromatic heterocycles. The maximum absolute atomic E-state index is 12.2. The van der Waals surface area contributed by atoms with Crippen molar-refractivity contribution in [2.24, 2.45) is 0 Å². The van der Waals surface area contributed by atoms with Crippen molar-refractivity contribution in [3.63, 3.8) is 0 Å². The highest BCUT2D eigenvalue weighted by atomic mass is 16.5. The highest BCUT2D eigenvalue weighted by Gasteiger charge is 2.13. The van der Waals surface area contributed by atoms with Gasteiger partial charge in [-0.3, -0.25) is 4.79 Å². The molecular formula is C16H14N2O3. The minimum absolute atomic E-state index is 0.0477. The molecule has 0 saturated carbocycles. The van der Waals surface area contributed by atoms with Gasteiger partial charge in [0.25, 0.3) is 5.91 Å². The maximum atomic E-state index is 12.2. The number of nitrogens with one attached hydrogen (secondary N) is 1. The van der Waals surface area contributed by atoms with Gasteiger partial charge in [0.05, 0.1) is 19.1 Å². The highest BCUT2D eigenvalue weighted by molar-refractivity contribution is 6.10. The van der Waals surface area contributed by atoms with Gasteiger partial charge in [-0.2, -0.15) is 5.26 Å². The molecule has 0 bridgehead atoms. The number of anilines is 1. The van der Waals surface area contributed by atoms with Crippen LogP contribution < -0.4 is 10.1 Å². The predicted molar refractivity (Wildman–Crippen MR) is 78.7 cm³/mol. The van der Waals surface area contributed by atoms with E-state index in [-0.39, 0.29) is 5.57 Å². The van der Waals surface area contributed by atoms with Crippen LogP contribution in [0.25, 0.3) is 6.08 Å². The molecule has 1 heterocycles. The molecule has 21 heavy (non-hydrogen) atoms. The molecule has 2 rings (SSSR count). The summed E-state index contributed by atoms with van der Waals surface area (Å²) in [4.78, 5) is 12.2. The molecule has 5 nitrogen and oxygen atoms in total. The molecule has 0 atom stereocenters. The Kier molecular flexibility index (Phi) is 4.42. The Labute approximate surface area is 122 Å². The van der Waals surface area contributed by atoms with Crippen molar-refractivity contribution in [3.05, 3.63) is 53.5 Å². The Bertz CT molecular complexity index is 710. The van der Waals surface area contributed by atoms with Gasteiger partial charge in [-0.25, -0.2) is 0 Å². The normalized spacial score (nSPS) is 10.8. The Balaban J connectivity index is 2.25. The summed E-state index contributed by atoms with van der Waals surface area (Å²) < 4.78 is 10.3. The average Bonchev–Trinajstić information content (AvgIpc) is 2.98. The Morgan fingerprint density at radius 3 is 2.86 bits per heavy atom. The van der Waals surface area contributed by atoms with Crippen molar-refractivity contribution >= 4 is 17.7 Å². The molecule has 1 aromatic carbocycles. The molecule has 0 unspecified atom stereocenters. The molecule has 0 aliphatic rings. The summed E-state index contributed by atoms with van der Waals surface area (Å²) in [7, 11) is 1.52. The van der Waals surface area contributed by atoms with E-state index in [1.807, 2.05) is 19.1 Å². The van der Waals surface area contributed by atoms with Gasteiger partial charge in [-0.05, 0) is 36.8 Å². The van der Waals surface area contributed by atoms with E-state index in [0.29, 0.717) is 17.2 Å². The fraction of sp³-hybridized carbons (Fsp3) is 0.125. The standard InChI is InChI=1S/C16H14N2O3/c1-11-5-6-15(20-2)14(8-11)18-16(19)12(10-17)9-13-4-3-7-21-13/h3-9H,1-2H3,(H,18,19)/b12-9+. The first-order valence-electron chi connectivity index (χ1n) is 6.25. The number of hydrogen-bond acceptors (Lipinski definition) is 4. The molecule has 5 heteroatoms. The highest BCUT2D eigenvalue weighted by Crippen LogP contribution is 2.25. The van der Waals surface area contributed by atoms with Gasteiger partial charge in [-0.15, -0.1) is 0 Å². The largest absolute Gasteiger partial charge is 0.495 e. The Hall–Kier alpha value is -3.00. The summed E-state index contributed by atoms with van der Waals surface area (Å²) in [6.07, 6.45) is 2.86. The van der Waals surface area contributed by atoms with E-state index in [1.54, 1.807) is 24.3 Å². The van der Waals surface area contributed by atoms with Gasteiger partial charge in [-0.1, -0.05) is 6.07 Å². The van der Waals surface area contributed by atoms with Gasteiger partial charge < -0.3 is 14.5 Å². The van der Waals surface area contributed by atoms with E-state index in [4.69, 9.17) is 14.4 Å². The van der Waals surface area contributed by atoms with Crippen LogP contribution in [0.1, 0.15) is 11.3 Å². The fourth-order valence-electron chi connectivity index (χ4n) is 1.77. The SMILES string of the molecule is COc1ccc(C)cc1NC(=O)/C(C#N)=C/c1ccco1. The summed E-state index contributed by atoms with van der Waals surface area (Å²) >= 11 is 0. The van der Waals surface area contributed by atoms with E-state index in [0.717, 1.165) is 5.56 Å². The lowest BCUT2D eigenvalue weighted by molar-refractivity contribution is -0.112. The number of ether oxygens (including phenoxy) is 1. The second-order valence-electron chi connectivity index (χ2n) is 4.34. The van der Waals surface area contributed by atoms with Crippen molar-refractivity contribution in [2.75, 3.05) is 12.4 Å². The molecule has 0 spiro atoms. The van der Waals surface area contributed by atoms with Crippen molar-refractivity contribution in [1.29, 1.82) is 5.26 Å². The number of furan rings is 1. The third kappa shape index (κ3) is 3.51. The second-order valence-corrected chi connectivity index (χ2v) is 4.34. The van der Waals surface area contributed by atoms with Gasteiger partial charge >= 0.3 is 0 Å². The number of carbonyl (C=O) groups excluding carboxylic acids is 1. The number of carbonyl (C=O) groups is 1. The minimum atomic E-state index is -0.516. The van der Waals surface area contributed by atoms with Crippen LogP contribution in [0, 0.1) is 18.3 Å². The summed E-state index contributed by atoms with van der Waals surface area (Å²) in [5, 5.41) is 11.8. The number of nitriles is 1. The molecule has 106 valence electrons. The molecule has 1 amide bonds. The van der Waals surface area contributed by atoms with Gasteiger partial charge in [0, 0.05) is 6.08 Å². The molecule has 0 aliphatic heterocycles. The van der Waals surface area contributed by atoms with E-state index in [2.05, 4.69) is 5.32 Å². The number of hydrogen-bond donors (Lipinski definition) is 1. The van der Waals surface area contributed by atoms with E-state index < -0.39 is 5.91 Å². The van der Waals surface area contributed by atoms with Crippen molar-refractivity contribution in [1.82, 2.24) is 0 Å². The zero-order chi connectivity index (χ0) is 15.2. The smallest absolute Gasteiger partial charge is 0.266 e. The lowest BCUT2D eigenvalue weighted by atomic mass is 10.2. The predicted octanol–water partition coefficient (Wildman–Crippen LogP) is 3.14. The first-order valence-corrected chi connectivity index (χ1v) is 6.25. The third-order valence-electron chi connectivity index (χ3n) is 2.80. The molecular weight excluding hydrogens is 268 g/mol. The van der Waals surface area contributed by atoms with Crippen LogP contribution in [-0.2, 0) is 4.79 Å². The lowest BCUT2D eigenvalue weighted by Gasteiger charge is -2.10. The fourth-order valence-corrected chi connectivity index (χ4v) is 1.77. The van der Waals surface area contributed by atoms with Crippen LogP contribution in [-0.4, -0.2) is 13.0 Å². The Morgan fingerprint density at radius 1 is 1.43 bits per heavy atom. The van der Waals surface area contributed by atoms with Crippen LogP contribution in [0.4, 0.5) is 5.69 Å². The number of methoxy groups -OCH3 is 1. The summed E-state index contributed by atoms with van der Waals surface area (Å²) in [5.41, 5.74) is 1.44. The van der Waals surface area contributed by atoms with Gasteiger partial charge in [0.15, 0.2) is 0 Å². The number of nitrogens with zero attached hydrogens (tertiary/aromatic N) is 1. The summed E-state index contributed by atoms with van der Waals surface area (Å²) in [5.74, 6) is 0.458. The average molecular weight is 282 g/mol. The van der Waals surface area contributed by atoms with Crippen LogP contribution in [0.2, 0.25) is 0 Å². The molecule has 0 saturated heterocycles. The third-order valence-corrected chi connectivity index (χ3v) is 2.80. The van der Waals surface area contributed by atoms with Crippen molar-refractivity contribution in [2.45, 2.75) is 6.92 Å². The number of benzene rings is 1. The zero-order valence-electron chi connectivity index (χ0n) is 11.7. The molecule has 2 aromatic rings.